The number of hydrogen-bond acceptors (Lipinski definition) is 8. The fourth-order valence-corrected chi connectivity index (χ4v) is 5.16. The molecule has 4 rings (SSSR count). The second kappa shape index (κ2) is 9.68. The molecule has 1 aromatic carbocycles. The van der Waals surface area contributed by atoms with E-state index in [1.165, 1.54) is 12.7 Å². The normalized spacial score (nSPS) is 16.7. The number of oxazole rings is 1. The van der Waals surface area contributed by atoms with E-state index in [0.29, 0.717) is 12.5 Å². The predicted molar refractivity (Wildman–Crippen MR) is 119 cm³/mol. The molecule has 0 amide bonds. The van der Waals surface area contributed by atoms with E-state index in [1.807, 2.05) is 36.6 Å². The van der Waals surface area contributed by atoms with Crippen molar-refractivity contribution in [2.24, 2.45) is 0 Å². The highest BCUT2D eigenvalue weighted by molar-refractivity contribution is 7.99. The monoisotopic (exact) mass is 444 g/mol. The molecule has 1 aliphatic rings. The van der Waals surface area contributed by atoms with Gasteiger partial charge in [-0.2, -0.15) is 0 Å². The minimum Gasteiger partial charge on any atom is -0.487 e. The van der Waals surface area contributed by atoms with Gasteiger partial charge in [-0.25, -0.2) is 4.98 Å². The third-order valence-corrected chi connectivity index (χ3v) is 6.98. The van der Waals surface area contributed by atoms with Gasteiger partial charge in [0.25, 0.3) is 0 Å². The Morgan fingerprint density at radius 2 is 2.13 bits per heavy atom. The van der Waals surface area contributed by atoms with Crippen molar-refractivity contribution >= 4 is 29.1 Å². The number of hydrogen-bond donors (Lipinski definition) is 0. The Bertz CT molecular complexity index is 970. The molecule has 158 valence electrons. The van der Waals surface area contributed by atoms with Gasteiger partial charge in [0.2, 0.25) is 5.89 Å². The molecule has 0 unspecified atom stereocenters. The number of carbonyl (C=O) groups is 1. The highest BCUT2D eigenvalue weighted by atomic mass is 32.2. The van der Waals surface area contributed by atoms with Crippen molar-refractivity contribution in [3.63, 3.8) is 0 Å². The van der Waals surface area contributed by atoms with Crippen LogP contribution in [0.1, 0.15) is 17.0 Å². The Hall–Kier alpha value is -2.29. The summed E-state index contributed by atoms with van der Waals surface area (Å²) in [6.45, 7) is 3.10. The highest BCUT2D eigenvalue weighted by Crippen LogP contribution is 2.27. The maximum atomic E-state index is 11.9. The van der Waals surface area contributed by atoms with Gasteiger partial charge in [-0.1, -0.05) is 18.2 Å². The number of benzene rings is 1. The second-order valence-electron chi connectivity index (χ2n) is 7.03. The molecule has 0 bridgehead atoms. The number of rotatable bonds is 8. The lowest BCUT2D eigenvalue weighted by Crippen LogP contribution is -2.39. The van der Waals surface area contributed by atoms with Gasteiger partial charge in [-0.3, -0.25) is 9.69 Å². The van der Waals surface area contributed by atoms with E-state index >= 15 is 0 Å². The summed E-state index contributed by atoms with van der Waals surface area (Å²) in [6, 6.07) is 11.9. The maximum Gasteiger partial charge on any atom is 0.323 e. The highest BCUT2D eigenvalue weighted by Gasteiger charge is 2.31. The van der Waals surface area contributed by atoms with Crippen LogP contribution in [0.25, 0.3) is 10.8 Å². The lowest BCUT2D eigenvalue weighted by molar-refractivity contribution is -0.145. The molecule has 30 heavy (non-hydrogen) atoms. The molecule has 0 spiro atoms. The largest absolute Gasteiger partial charge is 0.487 e. The van der Waals surface area contributed by atoms with Crippen molar-refractivity contribution < 1.29 is 18.7 Å². The van der Waals surface area contributed by atoms with Crippen molar-refractivity contribution in [3.8, 4) is 16.5 Å². The molecular weight excluding hydrogens is 420 g/mol. The Labute approximate surface area is 184 Å². The molecule has 3 aromatic rings. The lowest BCUT2D eigenvalue weighted by Gasteiger charge is -2.21. The molecule has 3 heterocycles. The maximum absolute atomic E-state index is 11.9. The third kappa shape index (κ3) is 4.88. The molecule has 2 aromatic heterocycles. The summed E-state index contributed by atoms with van der Waals surface area (Å²) in [5, 5.41) is 2.00. The van der Waals surface area contributed by atoms with Gasteiger partial charge in [0.05, 0.1) is 12.0 Å². The first kappa shape index (κ1) is 21.0. The molecule has 1 saturated heterocycles. The van der Waals surface area contributed by atoms with E-state index in [4.69, 9.17) is 13.9 Å². The van der Waals surface area contributed by atoms with E-state index < -0.39 is 0 Å². The number of thiophene rings is 1. The Morgan fingerprint density at radius 3 is 2.87 bits per heavy atom. The smallest absolute Gasteiger partial charge is 0.323 e. The van der Waals surface area contributed by atoms with Gasteiger partial charge in [0, 0.05) is 18.2 Å². The number of esters is 1. The first-order valence-electron chi connectivity index (χ1n) is 9.75. The summed E-state index contributed by atoms with van der Waals surface area (Å²) >= 11 is 3.37. The summed E-state index contributed by atoms with van der Waals surface area (Å²) < 4.78 is 16.6. The fraction of sp³-hybridized carbons (Fsp3) is 0.364. The third-order valence-electron chi connectivity index (χ3n) is 5.06. The topological polar surface area (TPSA) is 64.8 Å². The van der Waals surface area contributed by atoms with Crippen LogP contribution in [0.2, 0.25) is 0 Å². The second-order valence-corrected chi connectivity index (χ2v) is 8.98. The first-order valence-corrected chi connectivity index (χ1v) is 11.8. The molecular formula is C22H24N2O4S2. The summed E-state index contributed by atoms with van der Waals surface area (Å²) in [5.74, 6) is 3.73. The number of carbonyl (C=O) groups excluding carboxylic acids is 1. The van der Waals surface area contributed by atoms with Gasteiger partial charge in [-0.05, 0) is 42.5 Å². The minimum absolute atomic E-state index is 0.132. The van der Waals surface area contributed by atoms with Gasteiger partial charge in [0.1, 0.15) is 29.9 Å². The van der Waals surface area contributed by atoms with E-state index in [-0.39, 0.29) is 12.0 Å². The van der Waals surface area contributed by atoms with Crippen LogP contribution in [0.5, 0.6) is 5.75 Å². The first-order chi connectivity index (χ1) is 14.6. The molecule has 6 nitrogen and oxygen atoms in total. The zero-order valence-electron chi connectivity index (χ0n) is 17.0. The molecule has 0 aliphatic carbocycles. The quantitative estimate of drug-likeness (QED) is 0.478. The van der Waals surface area contributed by atoms with Gasteiger partial charge < -0.3 is 13.9 Å². The van der Waals surface area contributed by atoms with E-state index in [1.54, 1.807) is 23.1 Å². The average Bonchev–Trinajstić information content (AvgIpc) is 3.52. The van der Waals surface area contributed by atoms with Crippen LogP contribution in [0.3, 0.4) is 0 Å². The lowest BCUT2D eigenvalue weighted by atomic mass is 10.1. The number of ether oxygens (including phenoxy) is 2. The number of aromatic nitrogens is 1. The molecule has 1 aliphatic heterocycles. The molecule has 1 fully saturated rings. The number of thioether (sulfide) groups is 1. The standard InChI is InChI=1S/C22H24N2O4S2/c1-15-18(23-21(28-15)20-4-3-11-30-20)12-27-17-7-5-16(6-8-17)9-10-24-14-29-13-19(24)22(25)26-2/h3-8,11,19H,9-10,12-14H2,1-2H3/t19-/m0/s1. The zero-order valence-corrected chi connectivity index (χ0v) is 18.6. The summed E-state index contributed by atoms with van der Waals surface area (Å²) in [4.78, 5) is 19.6. The SMILES string of the molecule is COC(=O)[C@@H]1CSCN1CCc1ccc(OCc2nc(-c3cccs3)oc2C)cc1. The summed E-state index contributed by atoms with van der Waals surface area (Å²) in [5.41, 5.74) is 2.02. The Balaban J connectivity index is 1.29. The average molecular weight is 445 g/mol. The van der Waals surface area contributed by atoms with Crippen molar-refractivity contribution in [2.45, 2.75) is 26.0 Å². The van der Waals surface area contributed by atoms with Gasteiger partial charge in [-0.15, -0.1) is 23.1 Å². The van der Waals surface area contributed by atoms with Crippen LogP contribution in [0.15, 0.2) is 46.2 Å². The van der Waals surface area contributed by atoms with Crippen molar-refractivity contribution in [1.82, 2.24) is 9.88 Å². The molecule has 0 N–H and O–H groups in total. The molecule has 8 heteroatoms. The molecule has 0 radical (unpaired) electrons. The van der Waals surface area contributed by atoms with Crippen molar-refractivity contribution in [3.05, 3.63) is 58.8 Å². The van der Waals surface area contributed by atoms with Crippen molar-refractivity contribution in [2.75, 3.05) is 25.3 Å². The van der Waals surface area contributed by atoms with Crippen LogP contribution in [0, 0.1) is 6.92 Å². The zero-order chi connectivity index (χ0) is 20.9. The number of nitrogens with zero attached hydrogens (tertiary/aromatic N) is 2. The van der Waals surface area contributed by atoms with Crippen LogP contribution < -0.4 is 4.74 Å². The minimum atomic E-state index is -0.144. The Kier molecular flexibility index (Phi) is 6.76. The summed E-state index contributed by atoms with van der Waals surface area (Å²) in [7, 11) is 1.45. The van der Waals surface area contributed by atoms with E-state index in [2.05, 4.69) is 22.0 Å². The van der Waals surface area contributed by atoms with Crippen LogP contribution in [-0.2, 0) is 22.6 Å². The predicted octanol–water partition coefficient (Wildman–Crippen LogP) is 4.38. The van der Waals surface area contributed by atoms with Crippen LogP contribution in [0.4, 0.5) is 0 Å². The fourth-order valence-electron chi connectivity index (χ4n) is 3.29. The number of methoxy groups -OCH3 is 1. The van der Waals surface area contributed by atoms with Crippen LogP contribution in [-0.4, -0.2) is 47.2 Å². The van der Waals surface area contributed by atoms with Crippen LogP contribution >= 0.6 is 23.1 Å². The summed E-state index contributed by atoms with van der Waals surface area (Å²) in [6.07, 6.45) is 0.876. The Morgan fingerprint density at radius 1 is 1.30 bits per heavy atom. The van der Waals surface area contributed by atoms with E-state index in [9.17, 15) is 4.79 Å². The molecule has 1 atom stereocenters. The van der Waals surface area contributed by atoms with Gasteiger partial charge in [0.15, 0.2) is 0 Å². The van der Waals surface area contributed by atoms with E-state index in [0.717, 1.165) is 46.7 Å². The number of aryl methyl sites for hydroxylation is 1. The van der Waals surface area contributed by atoms with Crippen molar-refractivity contribution in [1.29, 1.82) is 0 Å². The molecule has 0 saturated carbocycles. The van der Waals surface area contributed by atoms with Gasteiger partial charge >= 0.3 is 5.97 Å².